The fourth-order valence-corrected chi connectivity index (χ4v) is 3.23. The van der Waals surface area contributed by atoms with Gasteiger partial charge in [-0.15, -0.1) is 0 Å². The highest BCUT2D eigenvalue weighted by Gasteiger charge is 2.25. The van der Waals surface area contributed by atoms with Crippen LogP contribution in [0, 0.1) is 12.7 Å². The van der Waals surface area contributed by atoms with E-state index in [9.17, 15) is 9.18 Å². The number of nitrogens with zero attached hydrogens (tertiary/aromatic N) is 1. The van der Waals surface area contributed by atoms with E-state index in [1.165, 1.54) is 13.2 Å². The van der Waals surface area contributed by atoms with E-state index in [2.05, 4.69) is 0 Å². The van der Waals surface area contributed by atoms with Crippen molar-refractivity contribution < 1.29 is 9.13 Å². The molecule has 0 unspecified atom stereocenters. The maximum atomic E-state index is 14.5. The molecule has 22 heavy (non-hydrogen) atoms. The van der Waals surface area contributed by atoms with Crippen LogP contribution in [0.25, 0.3) is 22.0 Å². The van der Waals surface area contributed by atoms with Gasteiger partial charge < -0.3 is 9.30 Å². The normalized spacial score (nSPS) is 12.3. The summed E-state index contributed by atoms with van der Waals surface area (Å²) in [5.41, 5.74) is 2.86. The molecule has 0 radical (unpaired) electrons. The molecular formula is C18H14FNO2. The zero-order chi connectivity index (χ0) is 15.4. The first-order chi connectivity index (χ1) is 10.6. The molecule has 1 aliphatic heterocycles. The topological polar surface area (TPSA) is 31.2 Å². The number of rotatable bonds is 1. The second kappa shape index (κ2) is 4.44. The summed E-state index contributed by atoms with van der Waals surface area (Å²) in [6.07, 6.45) is 0. The standard InChI is InChI=1S/C18H14FNO2/c1-10-4-3-5-13-14(10)8-16-17-11(9-20(16)18(13)21)6-12(22-2)7-15(17)19/h3-8H,9H2,1-2H3. The number of hydrogen-bond acceptors (Lipinski definition) is 2. The number of aryl methyl sites for hydroxylation is 1. The van der Waals surface area contributed by atoms with E-state index in [-0.39, 0.29) is 11.4 Å². The van der Waals surface area contributed by atoms with Crippen molar-refractivity contribution in [2.45, 2.75) is 13.5 Å². The number of fused-ring (bicyclic) bond motifs is 4. The number of benzene rings is 2. The highest BCUT2D eigenvalue weighted by Crippen LogP contribution is 2.37. The Morgan fingerprint density at radius 2 is 2.00 bits per heavy atom. The zero-order valence-electron chi connectivity index (χ0n) is 12.3. The van der Waals surface area contributed by atoms with Gasteiger partial charge in [-0.3, -0.25) is 4.79 Å². The maximum absolute atomic E-state index is 14.5. The van der Waals surface area contributed by atoms with E-state index in [4.69, 9.17) is 4.74 Å². The van der Waals surface area contributed by atoms with Crippen LogP contribution in [0.3, 0.4) is 0 Å². The van der Waals surface area contributed by atoms with E-state index in [0.717, 1.165) is 16.5 Å². The van der Waals surface area contributed by atoms with Gasteiger partial charge in [-0.1, -0.05) is 12.1 Å². The maximum Gasteiger partial charge on any atom is 0.259 e. The Morgan fingerprint density at radius 1 is 1.18 bits per heavy atom. The molecule has 0 atom stereocenters. The summed E-state index contributed by atoms with van der Waals surface area (Å²) < 4.78 is 21.2. The van der Waals surface area contributed by atoms with Crippen LogP contribution in [0.1, 0.15) is 11.1 Å². The Labute approximate surface area is 126 Å². The van der Waals surface area contributed by atoms with E-state index < -0.39 is 0 Å². The Hall–Kier alpha value is -2.62. The van der Waals surface area contributed by atoms with E-state index in [0.29, 0.717) is 28.9 Å². The van der Waals surface area contributed by atoms with Crippen molar-refractivity contribution in [2.24, 2.45) is 0 Å². The van der Waals surface area contributed by atoms with Crippen LogP contribution >= 0.6 is 0 Å². The summed E-state index contributed by atoms with van der Waals surface area (Å²) in [5, 5.41) is 1.55. The molecule has 0 fully saturated rings. The van der Waals surface area contributed by atoms with Crippen molar-refractivity contribution in [2.75, 3.05) is 7.11 Å². The number of aromatic nitrogens is 1. The number of ether oxygens (including phenoxy) is 1. The van der Waals surface area contributed by atoms with Gasteiger partial charge in [0.15, 0.2) is 0 Å². The summed E-state index contributed by atoms with van der Waals surface area (Å²) >= 11 is 0. The molecule has 0 N–H and O–H groups in total. The SMILES string of the molecule is COc1cc(F)c2c(c1)Cn1c-2cc2c(C)cccc2c1=O. The van der Waals surface area contributed by atoms with Gasteiger partial charge in [-0.05, 0) is 41.6 Å². The smallest absolute Gasteiger partial charge is 0.259 e. The predicted molar refractivity (Wildman–Crippen MR) is 84.0 cm³/mol. The fourth-order valence-electron chi connectivity index (χ4n) is 3.23. The summed E-state index contributed by atoms with van der Waals surface area (Å²) in [7, 11) is 1.51. The minimum atomic E-state index is -0.354. The van der Waals surface area contributed by atoms with Crippen LogP contribution in [0.2, 0.25) is 0 Å². The first-order valence-corrected chi connectivity index (χ1v) is 7.10. The lowest BCUT2D eigenvalue weighted by molar-refractivity contribution is 0.411. The Balaban J connectivity index is 2.10. The van der Waals surface area contributed by atoms with Crippen LogP contribution in [0.4, 0.5) is 4.39 Å². The third-order valence-electron chi connectivity index (χ3n) is 4.34. The van der Waals surface area contributed by atoms with Gasteiger partial charge in [0.05, 0.1) is 19.3 Å². The lowest BCUT2D eigenvalue weighted by Gasteiger charge is -2.08. The molecule has 0 saturated carbocycles. The van der Waals surface area contributed by atoms with Crippen LogP contribution in [-0.2, 0) is 6.54 Å². The van der Waals surface area contributed by atoms with Crippen LogP contribution in [0.5, 0.6) is 5.75 Å². The van der Waals surface area contributed by atoms with Crippen molar-refractivity contribution >= 4 is 10.8 Å². The lowest BCUT2D eigenvalue weighted by Crippen LogP contribution is -2.19. The predicted octanol–water partition coefficient (Wildman–Crippen LogP) is 3.49. The number of hydrogen-bond donors (Lipinski definition) is 0. The molecule has 2 heterocycles. The minimum Gasteiger partial charge on any atom is -0.497 e. The highest BCUT2D eigenvalue weighted by atomic mass is 19.1. The lowest BCUT2D eigenvalue weighted by atomic mass is 10.0. The zero-order valence-corrected chi connectivity index (χ0v) is 12.3. The molecule has 1 aliphatic rings. The molecule has 0 aliphatic carbocycles. The molecule has 0 amide bonds. The molecule has 110 valence electrons. The third-order valence-corrected chi connectivity index (χ3v) is 4.34. The van der Waals surface area contributed by atoms with Crippen LogP contribution in [-0.4, -0.2) is 11.7 Å². The van der Waals surface area contributed by atoms with E-state index >= 15 is 0 Å². The third kappa shape index (κ3) is 1.64. The Morgan fingerprint density at radius 3 is 2.77 bits per heavy atom. The van der Waals surface area contributed by atoms with Gasteiger partial charge in [-0.25, -0.2) is 4.39 Å². The largest absolute Gasteiger partial charge is 0.497 e. The van der Waals surface area contributed by atoms with Crippen molar-refractivity contribution in [3.8, 4) is 17.0 Å². The van der Waals surface area contributed by atoms with Gasteiger partial charge in [0.2, 0.25) is 0 Å². The molecule has 0 bridgehead atoms. The molecule has 2 aromatic carbocycles. The Kier molecular flexibility index (Phi) is 2.64. The highest BCUT2D eigenvalue weighted by molar-refractivity contribution is 5.89. The number of methoxy groups -OCH3 is 1. The molecule has 1 aromatic heterocycles. The quantitative estimate of drug-likeness (QED) is 0.538. The first kappa shape index (κ1) is 13.1. The van der Waals surface area contributed by atoms with E-state index in [1.807, 2.05) is 31.2 Å². The minimum absolute atomic E-state index is 0.0780. The average molecular weight is 295 g/mol. The molecule has 0 spiro atoms. The summed E-state index contributed by atoms with van der Waals surface area (Å²) in [6, 6.07) is 10.7. The summed E-state index contributed by atoms with van der Waals surface area (Å²) in [4.78, 5) is 12.7. The van der Waals surface area contributed by atoms with E-state index in [1.54, 1.807) is 10.6 Å². The first-order valence-electron chi connectivity index (χ1n) is 7.10. The molecular weight excluding hydrogens is 281 g/mol. The van der Waals surface area contributed by atoms with Gasteiger partial charge in [-0.2, -0.15) is 0 Å². The fraction of sp³-hybridized carbons (Fsp3) is 0.167. The van der Waals surface area contributed by atoms with Gasteiger partial charge in [0.1, 0.15) is 11.6 Å². The molecule has 0 saturated heterocycles. The van der Waals surface area contributed by atoms with Crippen molar-refractivity contribution in [1.82, 2.24) is 4.57 Å². The van der Waals surface area contributed by atoms with Crippen molar-refractivity contribution in [1.29, 1.82) is 0 Å². The summed E-state index contributed by atoms with van der Waals surface area (Å²) in [6.45, 7) is 2.33. The monoisotopic (exact) mass is 295 g/mol. The average Bonchev–Trinajstić information content (AvgIpc) is 2.88. The molecule has 3 aromatic rings. The van der Waals surface area contributed by atoms with Crippen LogP contribution in [0.15, 0.2) is 41.2 Å². The summed E-state index contributed by atoms with van der Waals surface area (Å²) in [5.74, 6) is 0.116. The molecule has 4 heteroatoms. The van der Waals surface area contributed by atoms with Gasteiger partial charge >= 0.3 is 0 Å². The molecule has 3 nitrogen and oxygen atoms in total. The molecule has 4 rings (SSSR count). The van der Waals surface area contributed by atoms with Gasteiger partial charge in [0, 0.05) is 17.0 Å². The second-order valence-corrected chi connectivity index (χ2v) is 5.60. The Bertz CT molecular complexity index is 989. The number of pyridine rings is 1. The van der Waals surface area contributed by atoms with Crippen molar-refractivity contribution in [3.05, 3.63) is 63.7 Å². The second-order valence-electron chi connectivity index (χ2n) is 5.60. The van der Waals surface area contributed by atoms with Crippen molar-refractivity contribution in [3.63, 3.8) is 0 Å². The van der Waals surface area contributed by atoms with Gasteiger partial charge in [0.25, 0.3) is 5.56 Å². The number of halogens is 1. The van der Waals surface area contributed by atoms with Crippen LogP contribution < -0.4 is 10.3 Å².